The molecule has 104 valence electrons. The molecule has 1 N–H and O–H groups in total. The second-order valence-electron chi connectivity index (χ2n) is 5.33. The van der Waals surface area contributed by atoms with Gasteiger partial charge in [-0.2, -0.15) is 0 Å². The van der Waals surface area contributed by atoms with Gasteiger partial charge in [-0.25, -0.2) is 0 Å². The average Bonchev–Trinajstić information content (AvgIpc) is 2.71. The fourth-order valence-corrected chi connectivity index (χ4v) is 2.76. The lowest BCUT2D eigenvalue weighted by Crippen LogP contribution is -2.35. The minimum absolute atomic E-state index is 0.0409. The molecule has 19 heavy (non-hydrogen) atoms. The van der Waals surface area contributed by atoms with E-state index in [2.05, 4.69) is 6.92 Å². The Kier molecular flexibility index (Phi) is 4.97. The SMILES string of the molecule is CCCCCC[C@H]1CC(=O)N(c2ccccc2)C1O. The van der Waals surface area contributed by atoms with Crippen molar-refractivity contribution in [2.24, 2.45) is 5.92 Å². The molecule has 2 rings (SSSR count). The number of rotatable bonds is 6. The Morgan fingerprint density at radius 1 is 1.21 bits per heavy atom. The van der Waals surface area contributed by atoms with E-state index in [1.807, 2.05) is 30.3 Å². The second-order valence-corrected chi connectivity index (χ2v) is 5.33. The number of hydrogen-bond donors (Lipinski definition) is 1. The maximum Gasteiger partial charge on any atom is 0.229 e. The van der Waals surface area contributed by atoms with Crippen LogP contribution in [0.1, 0.15) is 45.4 Å². The molecule has 3 nitrogen and oxygen atoms in total. The predicted molar refractivity (Wildman–Crippen MR) is 76.8 cm³/mol. The molecule has 1 aliphatic rings. The Morgan fingerprint density at radius 3 is 2.63 bits per heavy atom. The van der Waals surface area contributed by atoms with E-state index in [1.54, 1.807) is 4.90 Å². The first-order chi connectivity index (χ1) is 9.24. The maximum absolute atomic E-state index is 12.1. The Hall–Kier alpha value is -1.35. The van der Waals surface area contributed by atoms with E-state index >= 15 is 0 Å². The standard InChI is InChI=1S/C16H23NO2/c1-2-3-4-6-9-13-12-15(18)17(16(13)19)14-10-7-5-8-11-14/h5,7-8,10-11,13,16,19H,2-4,6,9,12H2,1H3/t13-,16?/m0/s1. The van der Waals surface area contributed by atoms with Crippen LogP contribution in [-0.4, -0.2) is 17.2 Å². The summed E-state index contributed by atoms with van der Waals surface area (Å²) in [6.07, 6.45) is 5.50. The Balaban J connectivity index is 1.95. The van der Waals surface area contributed by atoms with E-state index in [9.17, 15) is 9.90 Å². The number of nitrogens with zero attached hydrogens (tertiary/aromatic N) is 1. The number of carbonyl (C=O) groups excluding carboxylic acids is 1. The quantitative estimate of drug-likeness (QED) is 0.798. The van der Waals surface area contributed by atoms with Crippen LogP contribution in [0.25, 0.3) is 0 Å². The number of carbonyl (C=O) groups is 1. The molecule has 0 bridgehead atoms. The summed E-state index contributed by atoms with van der Waals surface area (Å²) in [5.41, 5.74) is 0.802. The normalized spacial score (nSPS) is 23.1. The molecule has 0 radical (unpaired) electrons. The summed E-state index contributed by atoms with van der Waals surface area (Å²) in [6.45, 7) is 2.19. The highest BCUT2D eigenvalue weighted by molar-refractivity contribution is 5.96. The highest BCUT2D eigenvalue weighted by Crippen LogP contribution is 2.32. The molecular weight excluding hydrogens is 238 g/mol. The molecule has 3 heteroatoms. The molecule has 2 atom stereocenters. The van der Waals surface area contributed by atoms with Crippen LogP contribution in [-0.2, 0) is 4.79 Å². The molecule has 0 spiro atoms. The van der Waals surface area contributed by atoms with Crippen LogP contribution in [0.3, 0.4) is 0 Å². The van der Waals surface area contributed by atoms with E-state index in [0.717, 1.165) is 18.5 Å². The van der Waals surface area contributed by atoms with Crippen molar-refractivity contribution in [1.82, 2.24) is 0 Å². The Morgan fingerprint density at radius 2 is 1.95 bits per heavy atom. The lowest BCUT2D eigenvalue weighted by molar-refractivity contribution is -0.117. The van der Waals surface area contributed by atoms with Crippen LogP contribution >= 0.6 is 0 Å². The zero-order valence-electron chi connectivity index (χ0n) is 11.6. The van der Waals surface area contributed by atoms with Gasteiger partial charge in [0.25, 0.3) is 0 Å². The molecule has 1 aromatic carbocycles. The van der Waals surface area contributed by atoms with Crippen molar-refractivity contribution >= 4 is 11.6 Å². The number of hydrogen-bond acceptors (Lipinski definition) is 2. The number of amides is 1. The summed E-state index contributed by atoms with van der Waals surface area (Å²) in [5, 5.41) is 10.3. The zero-order chi connectivity index (χ0) is 13.7. The first-order valence-electron chi connectivity index (χ1n) is 7.29. The first-order valence-corrected chi connectivity index (χ1v) is 7.29. The third-order valence-electron chi connectivity index (χ3n) is 3.85. The van der Waals surface area contributed by atoms with Crippen LogP contribution in [0, 0.1) is 5.92 Å². The number of aliphatic hydroxyl groups is 1. The second kappa shape index (κ2) is 6.71. The van der Waals surface area contributed by atoms with Crippen LogP contribution in [0.4, 0.5) is 5.69 Å². The summed E-state index contributed by atoms with van der Waals surface area (Å²) < 4.78 is 0. The fourth-order valence-electron chi connectivity index (χ4n) is 2.76. The maximum atomic E-state index is 12.1. The highest BCUT2D eigenvalue weighted by Gasteiger charge is 2.38. The monoisotopic (exact) mass is 261 g/mol. The molecule has 0 aliphatic carbocycles. The lowest BCUT2D eigenvalue weighted by Gasteiger charge is -2.23. The van der Waals surface area contributed by atoms with Gasteiger partial charge in [-0.05, 0) is 18.6 Å². The number of para-hydroxylation sites is 1. The third-order valence-corrected chi connectivity index (χ3v) is 3.85. The van der Waals surface area contributed by atoms with E-state index in [0.29, 0.717) is 6.42 Å². The smallest absolute Gasteiger partial charge is 0.229 e. The minimum atomic E-state index is -0.656. The zero-order valence-corrected chi connectivity index (χ0v) is 11.6. The van der Waals surface area contributed by atoms with Crippen LogP contribution in [0.5, 0.6) is 0 Å². The molecule has 1 saturated heterocycles. The highest BCUT2D eigenvalue weighted by atomic mass is 16.3. The topological polar surface area (TPSA) is 40.5 Å². The molecule has 1 heterocycles. The predicted octanol–water partition coefficient (Wildman–Crippen LogP) is 3.33. The summed E-state index contributed by atoms with van der Waals surface area (Å²) in [5.74, 6) is 0.128. The molecule has 0 aromatic heterocycles. The molecule has 1 aromatic rings. The van der Waals surface area contributed by atoms with Gasteiger partial charge in [0.1, 0.15) is 6.23 Å². The number of unbranched alkanes of at least 4 members (excludes halogenated alkanes) is 3. The van der Waals surface area contributed by atoms with Gasteiger partial charge in [-0.3, -0.25) is 9.69 Å². The Bertz CT molecular complexity index is 404. The van der Waals surface area contributed by atoms with Crippen molar-refractivity contribution in [3.63, 3.8) is 0 Å². The van der Waals surface area contributed by atoms with Crippen molar-refractivity contribution in [2.75, 3.05) is 4.90 Å². The number of benzene rings is 1. The molecular formula is C16H23NO2. The van der Waals surface area contributed by atoms with Gasteiger partial charge in [-0.1, -0.05) is 50.8 Å². The van der Waals surface area contributed by atoms with Gasteiger partial charge >= 0.3 is 0 Å². The number of anilines is 1. The van der Waals surface area contributed by atoms with E-state index in [-0.39, 0.29) is 11.8 Å². The summed E-state index contributed by atoms with van der Waals surface area (Å²) >= 11 is 0. The largest absolute Gasteiger partial charge is 0.373 e. The summed E-state index contributed by atoms with van der Waals surface area (Å²) in [6, 6.07) is 9.45. The van der Waals surface area contributed by atoms with Crippen LogP contribution in [0.15, 0.2) is 30.3 Å². The van der Waals surface area contributed by atoms with Crippen molar-refractivity contribution in [3.05, 3.63) is 30.3 Å². The van der Waals surface area contributed by atoms with Crippen molar-refractivity contribution in [2.45, 2.75) is 51.7 Å². The van der Waals surface area contributed by atoms with Crippen LogP contribution < -0.4 is 4.90 Å². The summed E-state index contributed by atoms with van der Waals surface area (Å²) in [7, 11) is 0. The van der Waals surface area contributed by atoms with Crippen LogP contribution in [0.2, 0.25) is 0 Å². The van der Waals surface area contributed by atoms with Gasteiger partial charge < -0.3 is 5.11 Å². The van der Waals surface area contributed by atoms with Gasteiger partial charge in [0, 0.05) is 18.0 Å². The summed E-state index contributed by atoms with van der Waals surface area (Å²) in [4.78, 5) is 13.6. The van der Waals surface area contributed by atoms with Crippen molar-refractivity contribution in [3.8, 4) is 0 Å². The van der Waals surface area contributed by atoms with Gasteiger partial charge in [0.15, 0.2) is 0 Å². The first kappa shape index (κ1) is 14.1. The molecule has 1 amide bonds. The van der Waals surface area contributed by atoms with Gasteiger partial charge in [0.2, 0.25) is 5.91 Å². The van der Waals surface area contributed by atoms with Gasteiger partial charge in [-0.15, -0.1) is 0 Å². The Labute approximate surface area is 115 Å². The fraction of sp³-hybridized carbons (Fsp3) is 0.562. The van der Waals surface area contributed by atoms with E-state index < -0.39 is 6.23 Å². The minimum Gasteiger partial charge on any atom is -0.373 e. The van der Waals surface area contributed by atoms with Gasteiger partial charge in [0.05, 0.1) is 0 Å². The van der Waals surface area contributed by atoms with E-state index in [1.165, 1.54) is 19.3 Å². The molecule has 1 aliphatic heterocycles. The average molecular weight is 261 g/mol. The molecule has 1 fully saturated rings. The van der Waals surface area contributed by atoms with Crippen molar-refractivity contribution in [1.29, 1.82) is 0 Å². The third kappa shape index (κ3) is 3.35. The lowest BCUT2D eigenvalue weighted by atomic mass is 9.98. The molecule has 1 unspecified atom stereocenters. The van der Waals surface area contributed by atoms with Crippen molar-refractivity contribution < 1.29 is 9.90 Å². The molecule has 0 saturated carbocycles. The van der Waals surface area contributed by atoms with E-state index in [4.69, 9.17) is 0 Å². The number of aliphatic hydroxyl groups excluding tert-OH is 1.